The Morgan fingerprint density at radius 1 is 1.28 bits per heavy atom. The number of carboxylic acids is 1. The Balaban J connectivity index is 1.79. The lowest BCUT2D eigenvalue weighted by atomic mass is 10.1. The topological polar surface area (TPSA) is 95.1 Å². The number of aromatic nitrogens is 2. The maximum atomic E-state index is 12.4. The molecule has 0 radical (unpaired) electrons. The summed E-state index contributed by atoms with van der Waals surface area (Å²) >= 11 is 9.12. The minimum atomic E-state index is -1.06. The summed E-state index contributed by atoms with van der Waals surface area (Å²) in [6, 6.07) is 9.29. The van der Waals surface area contributed by atoms with Crippen LogP contribution in [0.5, 0.6) is 0 Å². The number of hydrogen-bond donors (Lipinski definition) is 3. The van der Waals surface area contributed by atoms with Gasteiger partial charge in [-0.25, -0.2) is 9.78 Å². The first-order chi connectivity index (χ1) is 11.8. The van der Waals surface area contributed by atoms with Crippen LogP contribution in [0.1, 0.15) is 39.5 Å². The molecule has 1 aromatic heterocycles. The molecule has 3 aromatic rings. The Kier molecular flexibility index (Phi) is 4.78. The summed E-state index contributed by atoms with van der Waals surface area (Å²) in [6.45, 7) is 1.80. The van der Waals surface area contributed by atoms with Gasteiger partial charge in [0.05, 0.1) is 22.6 Å². The van der Waals surface area contributed by atoms with Gasteiger partial charge in [-0.05, 0) is 59.3 Å². The molecule has 3 N–H and O–H groups in total. The molecule has 8 heteroatoms. The summed E-state index contributed by atoms with van der Waals surface area (Å²) in [5, 5.41) is 12.4. The normalized spacial score (nSPS) is 12.1. The van der Waals surface area contributed by atoms with Crippen LogP contribution in [-0.4, -0.2) is 27.0 Å². The number of nitrogens with zero attached hydrogens (tertiary/aromatic N) is 1. The third kappa shape index (κ3) is 3.67. The van der Waals surface area contributed by atoms with Crippen LogP contribution in [0.25, 0.3) is 11.0 Å². The molecular formula is C17H13BrClN3O3. The highest BCUT2D eigenvalue weighted by Gasteiger charge is 2.17. The second-order valence-electron chi connectivity index (χ2n) is 5.48. The molecular weight excluding hydrogens is 410 g/mol. The fourth-order valence-electron chi connectivity index (χ4n) is 2.38. The van der Waals surface area contributed by atoms with Crippen LogP contribution in [0.15, 0.2) is 40.9 Å². The predicted molar refractivity (Wildman–Crippen MR) is 98.1 cm³/mol. The van der Waals surface area contributed by atoms with Gasteiger partial charge in [0.2, 0.25) is 0 Å². The van der Waals surface area contributed by atoms with Crippen LogP contribution < -0.4 is 5.32 Å². The number of carboxylic acid groups (broad SMARTS) is 1. The number of halogens is 2. The highest BCUT2D eigenvalue weighted by molar-refractivity contribution is 9.10. The largest absolute Gasteiger partial charge is 0.478 e. The standard InChI is InChI=1S/C17H13BrClN3O3/c1-8(15-21-13-5-3-10(19)7-14(13)22-15)20-16(23)9-2-4-11(17(24)25)12(18)6-9/h2-8H,1H3,(H,20,23)(H,21,22)(H,24,25). The van der Waals surface area contributed by atoms with Gasteiger partial charge in [0.1, 0.15) is 5.82 Å². The van der Waals surface area contributed by atoms with Gasteiger partial charge in [0.25, 0.3) is 5.91 Å². The van der Waals surface area contributed by atoms with E-state index >= 15 is 0 Å². The van der Waals surface area contributed by atoms with Gasteiger partial charge in [-0.2, -0.15) is 0 Å². The number of carbonyl (C=O) groups excluding carboxylic acids is 1. The zero-order valence-corrected chi connectivity index (χ0v) is 15.4. The summed E-state index contributed by atoms with van der Waals surface area (Å²) in [6.07, 6.45) is 0. The van der Waals surface area contributed by atoms with Crippen LogP contribution in [-0.2, 0) is 0 Å². The minimum Gasteiger partial charge on any atom is -0.478 e. The smallest absolute Gasteiger partial charge is 0.336 e. The molecule has 0 aliphatic heterocycles. The van der Waals surface area contributed by atoms with Gasteiger partial charge in [-0.3, -0.25) is 4.79 Å². The number of imidazole rings is 1. The summed E-state index contributed by atoms with van der Waals surface area (Å²) in [5.41, 5.74) is 1.99. The van der Waals surface area contributed by atoms with Crippen molar-refractivity contribution in [3.05, 3.63) is 62.8 Å². The van der Waals surface area contributed by atoms with Crippen molar-refractivity contribution >= 4 is 50.4 Å². The lowest BCUT2D eigenvalue weighted by molar-refractivity contribution is 0.0695. The van der Waals surface area contributed by atoms with Crippen LogP contribution in [0.2, 0.25) is 5.02 Å². The van der Waals surface area contributed by atoms with E-state index in [1.54, 1.807) is 19.1 Å². The molecule has 128 valence electrons. The number of rotatable bonds is 4. The van der Waals surface area contributed by atoms with Crippen LogP contribution in [0.4, 0.5) is 0 Å². The number of fused-ring (bicyclic) bond motifs is 1. The SMILES string of the molecule is CC(NC(=O)c1ccc(C(=O)O)c(Br)c1)c1nc2cc(Cl)ccc2[nH]1. The van der Waals surface area contributed by atoms with Crippen molar-refractivity contribution in [2.24, 2.45) is 0 Å². The number of H-pyrrole nitrogens is 1. The van der Waals surface area contributed by atoms with E-state index in [-0.39, 0.29) is 17.5 Å². The van der Waals surface area contributed by atoms with Gasteiger partial charge < -0.3 is 15.4 Å². The van der Waals surface area contributed by atoms with Crippen LogP contribution in [0.3, 0.4) is 0 Å². The average Bonchev–Trinajstić information content (AvgIpc) is 2.97. The van der Waals surface area contributed by atoms with Crippen molar-refractivity contribution in [1.29, 1.82) is 0 Å². The molecule has 1 heterocycles. The Hall–Kier alpha value is -2.38. The number of hydrogen-bond acceptors (Lipinski definition) is 3. The molecule has 0 aliphatic rings. The molecule has 0 bridgehead atoms. The lowest BCUT2D eigenvalue weighted by Gasteiger charge is -2.12. The zero-order valence-electron chi connectivity index (χ0n) is 13.0. The maximum Gasteiger partial charge on any atom is 0.336 e. The van der Waals surface area contributed by atoms with E-state index in [0.717, 1.165) is 11.0 Å². The van der Waals surface area contributed by atoms with Crippen molar-refractivity contribution in [3.63, 3.8) is 0 Å². The number of nitrogens with one attached hydrogen (secondary N) is 2. The quantitative estimate of drug-likeness (QED) is 0.588. The molecule has 0 saturated carbocycles. The average molecular weight is 423 g/mol. The van der Waals surface area contributed by atoms with E-state index in [9.17, 15) is 9.59 Å². The lowest BCUT2D eigenvalue weighted by Crippen LogP contribution is -2.27. The number of aromatic carboxylic acids is 1. The molecule has 1 unspecified atom stereocenters. The predicted octanol–water partition coefficient (Wildman–Crippen LogP) is 4.17. The van der Waals surface area contributed by atoms with Crippen LogP contribution in [0, 0.1) is 0 Å². The maximum absolute atomic E-state index is 12.4. The summed E-state index contributed by atoms with van der Waals surface area (Å²) in [7, 11) is 0. The molecule has 6 nitrogen and oxygen atoms in total. The number of benzene rings is 2. The number of amides is 1. The van der Waals surface area contributed by atoms with Gasteiger partial charge in [0, 0.05) is 15.1 Å². The monoisotopic (exact) mass is 421 g/mol. The van der Waals surface area contributed by atoms with Gasteiger partial charge in [-0.15, -0.1) is 0 Å². The molecule has 25 heavy (non-hydrogen) atoms. The third-order valence-electron chi connectivity index (χ3n) is 3.68. The first-order valence-corrected chi connectivity index (χ1v) is 8.51. The van der Waals surface area contributed by atoms with E-state index in [0.29, 0.717) is 20.9 Å². The second-order valence-corrected chi connectivity index (χ2v) is 6.77. The summed E-state index contributed by atoms with van der Waals surface area (Å²) < 4.78 is 0.346. The Labute approximate surface area is 156 Å². The van der Waals surface area contributed by atoms with E-state index in [1.165, 1.54) is 18.2 Å². The highest BCUT2D eigenvalue weighted by atomic mass is 79.9. The summed E-state index contributed by atoms with van der Waals surface area (Å²) in [5.74, 6) is -0.788. The van der Waals surface area contributed by atoms with Crippen molar-refractivity contribution in [1.82, 2.24) is 15.3 Å². The van der Waals surface area contributed by atoms with E-state index in [4.69, 9.17) is 16.7 Å². The van der Waals surface area contributed by atoms with Crippen molar-refractivity contribution in [2.75, 3.05) is 0 Å². The summed E-state index contributed by atoms with van der Waals surface area (Å²) in [4.78, 5) is 31.0. The first kappa shape index (κ1) is 17.4. The van der Waals surface area contributed by atoms with E-state index in [2.05, 4.69) is 31.2 Å². The molecule has 2 aromatic carbocycles. The molecule has 0 saturated heterocycles. The van der Waals surface area contributed by atoms with Gasteiger partial charge in [0.15, 0.2) is 0 Å². The third-order valence-corrected chi connectivity index (χ3v) is 4.57. The molecule has 3 rings (SSSR count). The molecule has 0 spiro atoms. The highest BCUT2D eigenvalue weighted by Crippen LogP contribution is 2.21. The Morgan fingerprint density at radius 2 is 2.04 bits per heavy atom. The molecule has 0 aliphatic carbocycles. The minimum absolute atomic E-state index is 0.0961. The van der Waals surface area contributed by atoms with E-state index < -0.39 is 5.97 Å². The number of aromatic amines is 1. The molecule has 1 amide bonds. The fraction of sp³-hybridized carbons (Fsp3) is 0.118. The number of carbonyl (C=O) groups is 2. The first-order valence-electron chi connectivity index (χ1n) is 7.34. The molecule has 1 atom stereocenters. The zero-order chi connectivity index (χ0) is 18.1. The van der Waals surface area contributed by atoms with Crippen molar-refractivity contribution < 1.29 is 14.7 Å². The Bertz CT molecular complexity index is 986. The van der Waals surface area contributed by atoms with Gasteiger partial charge >= 0.3 is 5.97 Å². The van der Waals surface area contributed by atoms with Gasteiger partial charge in [-0.1, -0.05) is 11.6 Å². The second kappa shape index (κ2) is 6.85. The van der Waals surface area contributed by atoms with Crippen molar-refractivity contribution in [2.45, 2.75) is 13.0 Å². The van der Waals surface area contributed by atoms with Crippen LogP contribution >= 0.6 is 27.5 Å². The Morgan fingerprint density at radius 3 is 2.72 bits per heavy atom. The molecule has 0 fully saturated rings. The van der Waals surface area contributed by atoms with E-state index in [1.807, 2.05) is 6.07 Å². The fourth-order valence-corrected chi connectivity index (χ4v) is 3.10. The van der Waals surface area contributed by atoms with Crippen molar-refractivity contribution in [3.8, 4) is 0 Å².